The summed E-state index contributed by atoms with van der Waals surface area (Å²) in [7, 11) is 1.57. The average molecular weight is 261 g/mol. The number of hydrogen-bond donors (Lipinski definition) is 2. The topological polar surface area (TPSA) is 41.5 Å². The van der Waals surface area contributed by atoms with Gasteiger partial charge in [-0.05, 0) is 18.2 Å². The monoisotopic (exact) mass is 261 g/mol. The predicted octanol–water partition coefficient (Wildman–Crippen LogP) is 2.98. The van der Waals surface area contributed by atoms with Gasteiger partial charge in [0.05, 0.1) is 25.4 Å². The molecule has 19 heavy (non-hydrogen) atoms. The van der Waals surface area contributed by atoms with Crippen LogP contribution in [0.3, 0.4) is 0 Å². The summed E-state index contributed by atoms with van der Waals surface area (Å²) < 4.78 is 18.9. The Bertz CT molecular complexity index is 545. The zero-order chi connectivity index (χ0) is 13.7. The number of hydrogen-bond acceptors (Lipinski definition) is 3. The molecule has 0 aliphatic rings. The van der Waals surface area contributed by atoms with Crippen LogP contribution in [0.25, 0.3) is 0 Å². The fourth-order valence-corrected chi connectivity index (χ4v) is 1.94. The second-order valence-electron chi connectivity index (χ2n) is 4.10. The molecule has 0 heterocycles. The molecule has 0 fully saturated rings. The van der Waals surface area contributed by atoms with Gasteiger partial charge in [-0.25, -0.2) is 4.39 Å². The second-order valence-corrected chi connectivity index (χ2v) is 4.10. The van der Waals surface area contributed by atoms with Crippen molar-refractivity contribution in [3.05, 3.63) is 59.9 Å². The van der Waals surface area contributed by atoms with Crippen molar-refractivity contribution in [1.29, 1.82) is 0 Å². The number of halogens is 1. The molecule has 2 N–H and O–H groups in total. The van der Waals surface area contributed by atoms with Crippen LogP contribution in [0.4, 0.5) is 10.1 Å². The molecule has 0 bridgehead atoms. The summed E-state index contributed by atoms with van der Waals surface area (Å²) in [6, 6.07) is 13.3. The van der Waals surface area contributed by atoms with Crippen LogP contribution in [0, 0.1) is 5.82 Å². The normalized spacial score (nSPS) is 11.9. The van der Waals surface area contributed by atoms with Crippen LogP contribution >= 0.6 is 0 Å². The molecule has 0 spiro atoms. The summed E-state index contributed by atoms with van der Waals surface area (Å²) in [6.45, 7) is -0.158. The molecule has 0 aromatic heterocycles. The lowest BCUT2D eigenvalue weighted by Gasteiger charge is -2.20. The molecular formula is C15H16FNO2. The first kappa shape index (κ1) is 13.4. The summed E-state index contributed by atoms with van der Waals surface area (Å²) in [5, 5.41) is 12.5. The summed E-state index contributed by atoms with van der Waals surface area (Å²) in [5.41, 5.74) is 1.14. The van der Waals surface area contributed by atoms with Crippen LogP contribution in [0.2, 0.25) is 0 Å². The highest BCUT2D eigenvalue weighted by atomic mass is 19.1. The number of ether oxygens (including phenoxy) is 1. The minimum atomic E-state index is -0.423. The molecule has 2 aromatic carbocycles. The third-order valence-electron chi connectivity index (χ3n) is 2.90. The maximum atomic E-state index is 13.6. The lowest BCUT2D eigenvalue weighted by atomic mass is 10.1. The van der Waals surface area contributed by atoms with E-state index in [4.69, 9.17) is 4.74 Å². The number of para-hydroxylation sites is 2. The van der Waals surface area contributed by atoms with Gasteiger partial charge in [0.2, 0.25) is 0 Å². The Balaban J connectivity index is 2.28. The standard InChI is InChI=1S/C15H16FNO2/c1-19-15-9-5-2-6-11(15)14(10-18)17-13-8-4-3-7-12(13)16/h2-9,14,17-18H,10H2,1H3. The number of nitrogens with one attached hydrogen (secondary N) is 1. The molecule has 1 atom stereocenters. The first-order chi connectivity index (χ1) is 9.26. The minimum absolute atomic E-state index is 0.158. The number of anilines is 1. The highest BCUT2D eigenvalue weighted by Crippen LogP contribution is 2.28. The lowest BCUT2D eigenvalue weighted by Crippen LogP contribution is -2.16. The molecule has 0 aliphatic carbocycles. The van der Waals surface area contributed by atoms with E-state index in [2.05, 4.69) is 5.32 Å². The number of methoxy groups -OCH3 is 1. The van der Waals surface area contributed by atoms with Gasteiger partial charge in [0.15, 0.2) is 0 Å². The lowest BCUT2D eigenvalue weighted by molar-refractivity contribution is 0.273. The fraction of sp³-hybridized carbons (Fsp3) is 0.200. The van der Waals surface area contributed by atoms with Gasteiger partial charge in [-0.15, -0.1) is 0 Å². The second kappa shape index (κ2) is 6.20. The van der Waals surface area contributed by atoms with E-state index in [0.29, 0.717) is 11.4 Å². The third kappa shape index (κ3) is 3.03. The molecule has 2 rings (SSSR count). The third-order valence-corrected chi connectivity index (χ3v) is 2.90. The molecule has 4 heteroatoms. The van der Waals surface area contributed by atoms with E-state index in [-0.39, 0.29) is 12.4 Å². The fourth-order valence-electron chi connectivity index (χ4n) is 1.94. The molecule has 100 valence electrons. The molecule has 0 radical (unpaired) electrons. The predicted molar refractivity (Wildman–Crippen MR) is 72.8 cm³/mol. The van der Waals surface area contributed by atoms with Crippen molar-refractivity contribution >= 4 is 5.69 Å². The molecule has 3 nitrogen and oxygen atoms in total. The zero-order valence-electron chi connectivity index (χ0n) is 10.6. The Hall–Kier alpha value is -2.07. The summed E-state index contributed by atoms with van der Waals surface area (Å²) >= 11 is 0. The first-order valence-corrected chi connectivity index (χ1v) is 6.01. The van der Waals surface area contributed by atoms with Crippen LogP contribution in [-0.2, 0) is 0 Å². The molecule has 0 amide bonds. The largest absolute Gasteiger partial charge is 0.496 e. The molecule has 0 saturated carbocycles. The van der Waals surface area contributed by atoms with E-state index in [1.54, 1.807) is 31.4 Å². The van der Waals surface area contributed by atoms with Crippen LogP contribution < -0.4 is 10.1 Å². The Kier molecular flexibility index (Phi) is 4.36. The van der Waals surface area contributed by atoms with Gasteiger partial charge in [-0.2, -0.15) is 0 Å². The SMILES string of the molecule is COc1ccccc1C(CO)Nc1ccccc1F. The van der Waals surface area contributed by atoms with Gasteiger partial charge in [0.25, 0.3) is 0 Å². The van der Waals surface area contributed by atoms with Gasteiger partial charge >= 0.3 is 0 Å². The Morgan fingerprint density at radius 3 is 2.53 bits per heavy atom. The van der Waals surface area contributed by atoms with Gasteiger partial charge < -0.3 is 15.2 Å². The number of benzene rings is 2. The first-order valence-electron chi connectivity index (χ1n) is 6.01. The number of rotatable bonds is 5. The van der Waals surface area contributed by atoms with E-state index >= 15 is 0 Å². The summed E-state index contributed by atoms with van der Waals surface area (Å²) in [6.07, 6.45) is 0. The van der Waals surface area contributed by atoms with Crippen LogP contribution in [0.5, 0.6) is 5.75 Å². The van der Waals surface area contributed by atoms with Crippen molar-refractivity contribution in [2.45, 2.75) is 6.04 Å². The Labute approximate surface area is 111 Å². The smallest absolute Gasteiger partial charge is 0.146 e. The maximum Gasteiger partial charge on any atom is 0.146 e. The van der Waals surface area contributed by atoms with Crippen LogP contribution in [0.15, 0.2) is 48.5 Å². The van der Waals surface area contributed by atoms with E-state index in [0.717, 1.165) is 5.56 Å². The van der Waals surface area contributed by atoms with Crippen molar-refractivity contribution in [1.82, 2.24) is 0 Å². The quantitative estimate of drug-likeness (QED) is 0.869. The number of aliphatic hydroxyl groups excluding tert-OH is 1. The molecule has 0 saturated heterocycles. The van der Waals surface area contributed by atoms with E-state index in [1.807, 2.05) is 18.2 Å². The van der Waals surface area contributed by atoms with Crippen LogP contribution in [-0.4, -0.2) is 18.8 Å². The van der Waals surface area contributed by atoms with Crippen molar-refractivity contribution in [3.8, 4) is 5.75 Å². The van der Waals surface area contributed by atoms with Crippen molar-refractivity contribution in [2.24, 2.45) is 0 Å². The van der Waals surface area contributed by atoms with Gasteiger partial charge in [0.1, 0.15) is 11.6 Å². The van der Waals surface area contributed by atoms with Gasteiger partial charge in [0, 0.05) is 5.56 Å². The highest BCUT2D eigenvalue weighted by Gasteiger charge is 2.16. The molecular weight excluding hydrogens is 245 g/mol. The summed E-state index contributed by atoms with van der Waals surface area (Å²) in [5.74, 6) is 0.307. The summed E-state index contributed by atoms with van der Waals surface area (Å²) in [4.78, 5) is 0. The highest BCUT2D eigenvalue weighted by molar-refractivity contribution is 5.48. The van der Waals surface area contributed by atoms with Crippen LogP contribution in [0.1, 0.15) is 11.6 Å². The van der Waals surface area contributed by atoms with Crippen molar-refractivity contribution in [3.63, 3.8) is 0 Å². The van der Waals surface area contributed by atoms with Crippen molar-refractivity contribution in [2.75, 3.05) is 19.0 Å². The van der Waals surface area contributed by atoms with E-state index < -0.39 is 6.04 Å². The van der Waals surface area contributed by atoms with E-state index in [9.17, 15) is 9.50 Å². The maximum absolute atomic E-state index is 13.6. The Morgan fingerprint density at radius 1 is 1.16 bits per heavy atom. The minimum Gasteiger partial charge on any atom is -0.496 e. The molecule has 2 aromatic rings. The Morgan fingerprint density at radius 2 is 1.84 bits per heavy atom. The number of aliphatic hydroxyl groups is 1. The van der Waals surface area contributed by atoms with Crippen molar-refractivity contribution < 1.29 is 14.2 Å². The average Bonchev–Trinajstić information content (AvgIpc) is 2.46. The van der Waals surface area contributed by atoms with E-state index in [1.165, 1.54) is 6.07 Å². The van der Waals surface area contributed by atoms with Gasteiger partial charge in [-0.3, -0.25) is 0 Å². The molecule has 0 aliphatic heterocycles. The molecule has 1 unspecified atom stereocenters. The zero-order valence-corrected chi connectivity index (χ0v) is 10.6. The van der Waals surface area contributed by atoms with Gasteiger partial charge in [-0.1, -0.05) is 30.3 Å².